The summed E-state index contributed by atoms with van der Waals surface area (Å²) in [5.41, 5.74) is 7.80. The Morgan fingerprint density at radius 3 is 2.65 bits per heavy atom. The lowest BCUT2D eigenvalue weighted by Gasteiger charge is -2.08. The van der Waals surface area contributed by atoms with Crippen molar-refractivity contribution in [1.82, 2.24) is 24.3 Å². The third kappa shape index (κ3) is 2.08. The number of hydrogen-bond donors (Lipinski definition) is 1. The molecule has 6 heteroatoms. The van der Waals surface area contributed by atoms with Crippen LogP contribution >= 0.6 is 0 Å². The van der Waals surface area contributed by atoms with E-state index in [1.54, 1.807) is 0 Å². The molecule has 6 nitrogen and oxygen atoms in total. The summed E-state index contributed by atoms with van der Waals surface area (Å²) >= 11 is 0. The van der Waals surface area contributed by atoms with Crippen molar-refractivity contribution in [2.24, 2.45) is 12.8 Å². The maximum atomic E-state index is 5.69. The van der Waals surface area contributed by atoms with Crippen LogP contribution in [0.25, 0.3) is 11.0 Å². The van der Waals surface area contributed by atoms with Crippen molar-refractivity contribution in [1.29, 1.82) is 0 Å². The highest BCUT2D eigenvalue weighted by Crippen LogP contribution is 2.17. The highest BCUT2D eigenvalue weighted by atomic mass is 15.3. The Morgan fingerprint density at radius 1 is 1.15 bits per heavy atom. The normalized spacial score (nSPS) is 11.3. The number of benzene rings is 1. The summed E-state index contributed by atoms with van der Waals surface area (Å²) in [6.45, 7) is 3.19. The van der Waals surface area contributed by atoms with Crippen LogP contribution in [0.15, 0.2) is 24.3 Å². The molecule has 1 aromatic carbocycles. The number of hydrogen-bond acceptors (Lipinski definition) is 4. The number of imidazole rings is 1. The summed E-state index contributed by atoms with van der Waals surface area (Å²) in [5.74, 6) is 2.82. The van der Waals surface area contributed by atoms with Gasteiger partial charge in [-0.2, -0.15) is 0 Å². The van der Waals surface area contributed by atoms with Crippen LogP contribution in [0.4, 0.5) is 0 Å². The predicted molar refractivity (Wildman–Crippen MR) is 77.3 cm³/mol. The average Bonchev–Trinajstić information content (AvgIpc) is 2.95. The van der Waals surface area contributed by atoms with E-state index < -0.39 is 0 Å². The average molecular weight is 270 g/mol. The van der Waals surface area contributed by atoms with Gasteiger partial charge in [0.1, 0.15) is 11.6 Å². The topological polar surface area (TPSA) is 74.6 Å². The Balaban J connectivity index is 2.09. The van der Waals surface area contributed by atoms with Crippen molar-refractivity contribution in [2.45, 2.75) is 19.9 Å². The van der Waals surface area contributed by atoms with Crippen LogP contribution in [0, 0.1) is 6.92 Å². The smallest absolute Gasteiger partial charge is 0.152 e. The number of para-hydroxylation sites is 2. The van der Waals surface area contributed by atoms with Crippen molar-refractivity contribution < 1.29 is 0 Å². The summed E-state index contributed by atoms with van der Waals surface area (Å²) < 4.78 is 4.17. The highest BCUT2D eigenvalue weighted by Gasteiger charge is 2.13. The fourth-order valence-electron chi connectivity index (χ4n) is 2.35. The zero-order valence-corrected chi connectivity index (χ0v) is 11.7. The lowest BCUT2D eigenvalue weighted by Crippen LogP contribution is -2.13. The number of nitrogens with zero attached hydrogens (tertiary/aromatic N) is 5. The molecule has 0 saturated carbocycles. The minimum absolute atomic E-state index is 0.584. The first-order valence-corrected chi connectivity index (χ1v) is 6.70. The zero-order chi connectivity index (χ0) is 14.1. The van der Waals surface area contributed by atoms with Crippen molar-refractivity contribution in [2.75, 3.05) is 6.54 Å². The van der Waals surface area contributed by atoms with E-state index in [-0.39, 0.29) is 0 Å². The van der Waals surface area contributed by atoms with Gasteiger partial charge in [-0.3, -0.25) is 0 Å². The van der Waals surface area contributed by atoms with E-state index in [1.807, 2.05) is 36.7 Å². The van der Waals surface area contributed by atoms with Gasteiger partial charge in [-0.1, -0.05) is 12.1 Å². The van der Waals surface area contributed by atoms with E-state index in [9.17, 15) is 0 Å². The molecule has 2 N–H and O–H groups in total. The number of nitrogens with two attached hydrogens (primary N) is 1. The molecule has 0 aliphatic heterocycles. The molecular formula is C14H18N6. The molecule has 2 heterocycles. The molecule has 104 valence electrons. The lowest BCUT2D eigenvalue weighted by atomic mass is 10.3. The van der Waals surface area contributed by atoms with Gasteiger partial charge in [-0.25, -0.2) is 4.98 Å². The first kappa shape index (κ1) is 12.8. The summed E-state index contributed by atoms with van der Waals surface area (Å²) in [7, 11) is 1.98. The van der Waals surface area contributed by atoms with Crippen LogP contribution in [0.2, 0.25) is 0 Å². The molecule has 0 spiro atoms. The lowest BCUT2D eigenvalue weighted by molar-refractivity contribution is 0.668. The standard InChI is InChI=1S/C14H18N6/c1-10-17-18-14(19(10)2)9-20-12-6-4-3-5-11(12)16-13(20)7-8-15/h3-6H,7-9,15H2,1-2H3. The van der Waals surface area contributed by atoms with E-state index in [1.165, 1.54) is 0 Å². The van der Waals surface area contributed by atoms with Crippen molar-refractivity contribution >= 4 is 11.0 Å². The molecule has 3 rings (SSSR count). The second-order valence-corrected chi connectivity index (χ2v) is 4.86. The van der Waals surface area contributed by atoms with Gasteiger partial charge in [0.05, 0.1) is 17.6 Å². The highest BCUT2D eigenvalue weighted by molar-refractivity contribution is 5.76. The van der Waals surface area contributed by atoms with Gasteiger partial charge in [0, 0.05) is 13.5 Å². The van der Waals surface area contributed by atoms with E-state index in [0.29, 0.717) is 13.1 Å². The molecule has 20 heavy (non-hydrogen) atoms. The maximum Gasteiger partial charge on any atom is 0.152 e. The van der Waals surface area contributed by atoms with Crippen molar-refractivity contribution in [3.05, 3.63) is 41.7 Å². The number of aromatic nitrogens is 5. The molecule has 0 amide bonds. The molecule has 0 aliphatic rings. The SMILES string of the molecule is Cc1nnc(Cn2c(CCN)nc3ccccc32)n1C. The Bertz CT molecular complexity index is 739. The Hall–Kier alpha value is -2.21. The molecule has 0 unspecified atom stereocenters. The molecule has 0 aliphatic carbocycles. The van der Waals surface area contributed by atoms with E-state index in [2.05, 4.69) is 25.8 Å². The third-order valence-corrected chi connectivity index (χ3v) is 3.58. The molecular weight excluding hydrogens is 252 g/mol. The van der Waals surface area contributed by atoms with Crippen LogP contribution in [0.5, 0.6) is 0 Å². The van der Waals surface area contributed by atoms with Crippen LogP contribution in [-0.2, 0) is 20.0 Å². The van der Waals surface area contributed by atoms with Gasteiger partial charge in [0.15, 0.2) is 5.82 Å². The first-order chi connectivity index (χ1) is 9.70. The van der Waals surface area contributed by atoms with Crippen molar-refractivity contribution in [3.63, 3.8) is 0 Å². The minimum atomic E-state index is 0.584. The summed E-state index contributed by atoms with van der Waals surface area (Å²) in [4.78, 5) is 4.66. The van der Waals surface area contributed by atoms with Gasteiger partial charge in [0.25, 0.3) is 0 Å². The molecule has 0 fully saturated rings. The predicted octanol–water partition coefficient (Wildman–Crippen LogP) is 1.02. The monoisotopic (exact) mass is 270 g/mol. The van der Waals surface area contributed by atoms with Gasteiger partial charge in [-0.15, -0.1) is 10.2 Å². The molecule has 2 aromatic heterocycles. The summed E-state index contributed by atoms with van der Waals surface area (Å²) in [6, 6.07) is 8.12. The Labute approximate surface area is 117 Å². The van der Waals surface area contributed by atoms with Crippen LogP contribution in [0.3, 0.4) is 0 Å². The molecule has 0 radical (unpaired) electrons. The van der Waals surface area contributed by atoms with Crippen LogP contribution < -0.4 is 5.73 Å². The van der Waals surface area contributed by atoms with Gasteiger partial charge >= 0.3 is 0 Å². The van der Waals surface area contributed by atoms with Crippen LogP contribution in [0.1, 0.15) is 17.5 Å². The quantitative estimate of drug-likeness (QED) is 0.768. The van der Waals surface area contributed by atoms with Crippen LogP contribution in [-0.4, -0.2) is 30.9 Å². The fourth-order valence-corrected chi connectivity index (χ4v) is 2.35. The molecule has 0 saturated heterocycles. The number of rotatable bonds is 4. The summed E-state index contributed by atoms with van der Waals surface area (Å²) in [6.07, 6.45) is 0.755. The van der Waals surface area contributed by atoms with Crippen molar-refractivity contribution in [3.8, 4) is 0 Å². The third-order valence-electron chi connectivity index (χ3n) is 3.58. The number of aryl methyl sites for hydroxylation is 1. The van der Waals surface area contributed by atoms with E-state index in [4.69, 9.17) is 5.73 Å². The fraction of sp³-hybridized carbons (Fsp3) is 0.357. The second-order valence-electron chi connectivity index (χ2n) is 4.86. The van der Waals surface area contributed by atoms with E-state index in [0.717, 1.165) is 34.9 Å². The molecule has 0 atom stereocenters. The van der Waals surface area contributed by atoms with Gasteiger partial charge in [-0.05, 0) is 25.6 Å². The maximum absolute atomic E-state index is 5.69. The Morgan fingerprint density at radius 2 is 1.95 bits per heavy atom. The Kier molecular flexibility index (Phi) is 3.23. The zero-order valence-electron chi connectivity index (χ0n) is 11.7. The van der Waals surface area contributed by atoms with E-state index >= 15 is 0 Å². The van der Waals surface area contributed by atoms with Gasteiger partial charge < -0.3 is 14.9 Å². The number of fused-ring (bicyclic) bond motifs is 1. The molecule has 3 aromatic rings. The largest absolute Gasteiger partial charge is 0.330 e. The minimum Gasteiger partial charge on any atom is -0.330 e. The molecule has 0 bridgehead atoms. The first-order valence-electron chi connectivity index (χ1n) is 6.70. The summed E-state index contributed by atoms with van der Waals surface area (Å²) in [5, 5.41) is 8.34. The second kappa shape index (κ2) is 5.05. The van der Waals surface area contributed by atoms with Gasteiger partial charge in [0.2, 0.25) is 0 Å².